The van der Waals surface area contributed by atoms with Gasteiger partial charge in [-0.2, -0.15) is 5.10 Å². The predicted octanol–water partition coefficient (Wildman–Crippen LogP) is 4.17. The molecule has 0 unspecified atom stereocenters. The Kier molecular flexibility index (Phi) is 5.03. The molecule has 0 bridgehead atoms. The minimum atomic E-state index is -0.320. The number of ketones is 1. The highest BCUT2D eigenvalue weighted by molar-refractivity contribution is 6.01. The summed E-state index contributed by atoms with van der Waals surface area (Å²) < 4.78 is 11.2. The zero-order valence-corrected chi connectivity index (χ0v) is 16.2. The molecule has 1 aromatic carbocycles. The van der Waals surface area contributed by atoms with E-state index in [1.54, 1.807) is 36.6 Å². The number of benzene rings is 1. The van der Waals surface area contributed by atoms with Crippen LogP contribution in [0, 0.1) is 6.92 Å². The number of hydrogen-bond donors (Lipinski definition) is 1. The summed E-state index contributed by atoms with van der Waals surface area (Å²) in [5.41, 5.74) is 2.09. The number of anilines is 1. The molecule has 0 fully saturated rings. The van der Waals surface area contributed by atoms with Crippen molar-refractivity contribution >= 4 is 23.1 Å². The molecule has 0 spiro atoms. The molecule has 0 radical (unpaired) electrons. The van der Waals surface area contributed by atoms with Crippen molar-refractivity contribution < 1.29 is 18.4 Å². The summed E-state index contributed by atoms with van der Waals surface area (Å²) in [6.07, 6.45) is 2.10. The first-order chi connectivity index (χ1) is 14.0. The van der Waals surface area contributed by atoms with Gasteiger partial charge in [0.05, 0.1) is 12.8 Å². The minimum Gasteiger partial charge on any atom is -0.467 e. The Labute approximate surface area is 168 Å². The topological polar surface area (TPSA) is 88.0 Å². The molecule has 1 aliphatic rings. The fourth-order valence-corrected chi connectivity index (χ4v) is 3.26. The van der Waals surface area contributed by atoms with Crippen molar-refractivity contribution in [2.24, 2.45) is 5.10 Å². The second-order valence-corrected chi connectivity index (χ2v) is 6.92. The second-order valence-electron chi connectivity index (χ2n) is 6.92. The van der Waals surface area contributed by atoms with Gasteiger partial charge in [-0.1, -0.05) is 0 Å². The number of hydrogen-bond acceptors (Lipinski definition) is 6. The summed E-state index contributed by atoms with van der Waals surface area (Å²) in [6.45, 7) is 3.45. The van der Waals surface area contributed by atoms with E-state index in [1.807, 2.05) is 25.1 Å². The van der Waals surface area contributed by atoms with Gasteiger partial charge in [-0.3, -0.25) is 9.59 Å². The maximum atomic E-state index is 12.9. The van der Waals surface area contributed by atoms with Crippen LogP contribution in [0.15, 0.2) is 68.7 Å². The van der Waals surface area contributed by atoms with Crippen LogP contribution in [0.4, 0.5) is 5.69 Å². The molecule has 0 saturated heterocycles. The van der Waals surface area contributed by atoms with Crippen LogP contribution in [0.3, 0.4) is 0 Å². The van der Waals surface area contributed by atoms with Crippen LogP contribution >= 0.6 is 0 Å². The van der Waals surface area contributed by atoms with Crippen molar-refractivity contribution in [1.29, 1.82) is 0 Å². The standard InChI is InChI=1S/C22H21N3O4/c1-14-5-10-20(29-14)18-12-19(21-4-3-11-28-21)25(24-18)22(27)13-23-17-8-6-16(7-9-17)15(2)26/h3-11,19,23H,12-13H2,1-2H3/t19-/m1/s1. The number of carbonyl (C=O) groups is 2. The number of Topliss-reactive ketones (excluding diaryl/α,β-unsaturated/α-hetero) is 1. The average molecular weight is 391 g/mol. The molecule has 2 aromatic heterocycles. The fourth-order valence-electron chi connectivity index (χ4n) is 3.26. The molecule has 4 rings (SSSR count). The van der Waals surface area contributed by atoms with E-state index in [2.05, 4.69) is 10.4 Å². The molecule has 3 aromatic rings. The minimum absolute atomic E-state index is 0.000937. The number of rotatable bonds is 6. The zero-order chi connectivity index (χ0) is 20.4. The van der Waals surface area contributed by atoms with Gasteiger partial charge in [0.15, 0.2) is 5.78 Å². The Hall–Kier alpha value is -3.61. The number of aryl methyl sites for hydroxylation is 1. The zero-order valence-electron chi connectivity index (χ0n) is 16.2. The Morgan fingerprint density at radius 1 is 1.17 bits per heavy atom. The van der Waals surface area contributed by atoms with E-state index in [4.69, 9.17) is 8.83 Å². The molecule has 1 atom stereocenters. The Morgan fingerprint density at radius 2 is 1.97 bits per heavy atom. The van der Waals surface area contributed by atoms with Gasteiger partial charge in [0, 0.05) is 17.7 Å². The van der Waals surface area contributed by atoms with Crippen molar-refractivity contribution in [2.45, 2.75) is 26.3 Å². The van der Waals surface area contributed by atoms with Crippen LogP contribution < -0.4 is 5.32 Å². The molecular formula is C22H21N3O4. The van der Waals surface area contributed by atoms with Gasteiger partial charge in [-0.15, -0.1) is 0 Å². The first kappa shape index (κ1) is 18.7. The molecule has 148 valence electrons. The second kappa shape index (κ2) is 7.79. The van der Waals surface area contributed by atoms with Crippen molar-refractivity contribution in [1.82, 2.24) is 5.01 Å². The number of furan rings is 2. The van der Waals surface area contributed by atoms with Crippen molar-refractivity contribution in [2.75, 3.05) is 11.9 Å². The highest BCUT2D eigenvalue weighted by atomic mass is 16.3. The number of carbonyl (C=O) groups excluding carboxylic acids is 2. The Balaban J connectivity index is 1.50. The molecular weight excluding hydrogens is 370 g/mol. The summed E-state index contributed by atoms with van der Waals surface area (Å²) in [6, 6.07) is 14.0. The van der Waals surface area contributed by atoms with Crippen LogP contribution in [0.1, 0.15) is 47.0 Å². The summed E-state index contributed by atoms with van der Waals surface area (Å²) in [7, 11) is 0. The smallest absolute Gasteiger partial charge is 0.262 e. The van der Waals surface area contributed by atoms with Gasteiger partial charge in [-0.25, -0.2) is 5.01 Å². The molecule has 0 saturated carbocycles. The van der Waals surface area contributed by atoms with Gasteiger partial charge in [0.2, 0.25) is 0 Å². The predicted molar refractivity (Wildman–Crippen MR) is 108 cm³/mol. The van der Waals surface area contributed by atoms with Crippen molar-refractivity contribution in [3.8, 4) is 0 Å². The third kappa shape index (κ3) is 3.99. The quantitative estimate of drug-likeness (QED) is 0.637. The number of hydrazone groups is 1. The van der Waals surface area contributed by atoms with E-state index >= 15 is 0 Å². The van der Waals surface area contributed by atoms with E-state index in [9.17, 15) is 9.59 Å². The maximum absolute atomic E-state index is 12.9. The van der Waals surface area contributed by atoms with Gasteiger partial charge in [-0.05, 0) is 62.4 Å². The lowest BCUT2D eigenvalue weighted by atomic mass is 10.1. The highest BCUT2D eigenvalue weighted by Gasteiger charge is 2.35. The normalized spacial score (nSPS) is 16.0. The molecule has 3 heterocycles. The molecule has 29 heavy (non-hydrogen) atoms. The lowest BCUT2D eigenvalue weighted by Gasteiger charge is -2.20. The van der Waals surface area contributed by atoms with Crippen LogP contribution in [0.25, 0.3) is 0 Å². The number of nitrogens with one attached hydrogen (secondary N) is 1. The van der Waals surface area contributed by atoms with E-state index in [0.29, 0.717) is 29.2 Å². The van der Waals surface area contributed by atoms with E-state index < -0.39 is 0 Å². The molecule has 0 aliphatic carbocycles. The van der Waals surface area contributed by atoms with Gasteiger partial charge < -0.3 is 14.2 Å². The third-order valence-electron chi connectivity index (χ3n) is 4.80. The molecule has 7 heteroatoms. The summed E-state index contributed by atoms with van der Waals surface area (Å²) >= 11 is 0. The molecule has 1 amide bonds. The van der Waals surface area contributed by atoms with E-state index in [1.165, 1.54) is 11.9 Å². The number of nitrogens with zero attached hydrogens (tertiary/aromatic N) is 2. The van der Waals surface area contributed by atoms with Crippen LogP contribution in [-0.2, 0) is 4.79 Å². The first-order valence-electron chi connectivity index (χ1n) is 9.36. The summed E-state index contributed by atoms with van der Waals surface area (Å²) in [4.78, 5) is 24.3. The molecule has 7 nitrogen and oxygen atoms in total. The first-order valence-corrected chi connectivity index (χ1v) is 9.36. The van der Waals surface area contributed by atoms with Crippen molar-refractivity contribution in [3.63, 3.8) is 0 Å². The monoisotopic (exact) mass is 391 g/mol. The maximum Gasteiger partial charge on any atom is 0.262 e. The van der Waals surface area contributed by atoms with Crippen LogP contribution in [0.2, 0.25) is 0 Å². The fraction of sp³-hybridized carbons (Fsp3) is 0.227. The van der Waals surface area contributed by atoms with Gasteiger partial charge in [0.1, 0.15) is 29.0 Å². The highest BCUT2D eigenvalue weighted by Crippen LogP contribution is 2.33. The van der Waals surface area contributed by atoms with Gasteiger partial charge >= 0.3 is 0 Å². The van der Waals surface area contributed by atoms with Crippen LogP contribution in [-0.4, -0.2) is 29.0 Å². The Bertz CT molecular complexity index is 1050. The Morgan fingerprint density at radius 3 is 2.59 bits per heavy atom. The largest absolute Gasteiger partial charge is 0.467 e. The van der Waals surface area contributed by atoms with E-state index in [0.717, 1.165) is 11.4 Å². The van der Waals surface area contributed by atoms with E-state index in [-0.39, 0.29) is 24.3 Å². The summed E-state index contributed by atoms with van der Waals surface area (Å²) in [5, 5.41) is 9.05. The number of amides is 1. The van der Waals surface area contributed by atoms with Crippen molar-refractivity contribution in [3.05, 3.63) is 77.6 Å². The lowest BCUT2D eigenvalue weighted by Crippen LogP contribution is -2.32. The van der Waals surface area contributed by atoms with Gasteiger partial charge in [0.25, 0.3) is 5.91 Å². The summed E-state index contributed by atoms with van der Waals surface area (Å²) in [5.74, 6) is 1.92. The van der Waals surface area contributed by atoms with Crippen LogP contribution in [0.5, 0.6) is 0 Å². The molecule has 1 aliphatic heterocycles. The third-order valence-corrected chi connectivity index (χ3v) is 4.80. The average Bonchev–Trinajstić information content (AvgIpc) is 3.46. The SMILES string of the molecule is CC(=O)c1ccc(NCC(=O)N2N=C(c3ccc(C)o3)C[C@@H]2c2ccco2)cc1. The lowest BCUT2D eigenvalue weighted by molar-refractivity contribution is -0.131. The molecule has 1 N–H and O–H groups in total.